The summed E-state index contributed by atoms with van der Waals surface area (Å²) in [5.74, 6) is 0.577. The molecule has 0 spiro atoms. The Morgan fingerprint density at radius 3 is 2.64 bits per heavy atom. The molecule has 4 aromatic rings. The number of hydrogen-bond acceptors (Lipinski definition) is 4. The molecule has 0 aliphatic carbocycles. The number of hydrogen-bond donors (Lipinski definition) is 0. The van der Waals surface area contributed by atoms with Crippen molar-refractivity contribution in [2.45, 2.75) is 17.5 Å². The second-order valence-electron chi connectivity index (χ2n) is 7.99. The van der Waals surface area contributed by atoms with E-state index in [1.54, 1.807) is 57.7 Å². The highest BCUT2D eigenvalue weighted by Gasteiger charge is 2.53. The lowest BCUT2D eigenvalue weighted by Gasteiger charge is -2.49. The number of aromatic nitrogens is 6. The first-order valence-corrected chi connectivity index (χ1v) is 11.1. The predicted octanol–water partition coefficient (Wildman–Crippen LogP) is 3.15. The zero-order chi connectivity index (χ0) is 23.4. The molecule has 1 aliphatic rings. The van der Waals surface area contributed by atoms with Gasteiger partial charge in [0.15, 0.2) is 0 Å². The summed E-state index contributed by atoms with van der Waals surface area (Å²) in [6.45, 7) is -1.04. The van der Waals surface area contributed by atoms with E-state index in [-0.39, 0.29) is 19.5 Å². The Hall–Kier alpha value is -3.06. The Balaban J connectivity index is 1.51. The van der Waals surface area contributed by atoms with E-state index in [9.17, 15) is 21.8 Å². The maximum absolute atomic E-state index is 13.3. The van der Waals surface area contributed by atoms with Gasteiger partial charge in [-0.05, 0) is 6.07 Å². The van der Waals surface area contributed by atoms with Gasteiger partial charge in [0.1, 0.15) is 11.5 Å². The maximum Gasteiger partial charge on any atom is 0.485 e. The van der Waals surface area contributed by atoms with Crippen LogP contribution >= 0.6 is 0 Å². The van der Waals surface area contributed by atoms with Crippen LogP contribution in [-0.2, 0) is 23.6 Å². The molecule has 1 fully saturated rings. The lowest BCUT2D eigenvalue weighted by Crippen LogP contribution is -2.64. The predicted molar refractivity (Wildman–Crippen MR) is 113 cm³/mol. The molecule has 1 saturated heterocycles. The van der Waals surface area contributed by atoms with Crippen LogP contribution in [0.15, 0.2) is 49.3 Å². The number of halogens is 4. The van der Waals surface area contributed by atoms with E-state index >= 15 is 0 Å². The third-order valence-electron chi connectivity index (χ3n) is 5.82. The standard InChI is InChI=1S/C20H19F4N7OS/c1-28-10-15(9-26-28)16-8-17-25-5-7-31(17)18(27-16)14-2-6-29(11-14)19(3-4-21)12-30(13-19)33(32)20(22,23)24/h2,5-11H,3-4,12-13H2,1H3. The Bertz CT molecular complexity index is 1340. The number of imidazole rings is 1. The molecule has 0 aromatic carbocycles. The van der Waals surface area contributed by atoms with Gasteiger partial charge in [-0.2, -0.15) is 18.3 Å². The fourth-order valence-corrected chi connectivity index (χ4v) is 5.16. The molecule has 0 N–H and O–H groups in total. The van der Waals surface area contributed by atoms with Crippen molar-refractivity contribution in [1.29, 1.82) is 0 Å². The summed E-state index contributed by atoms with van der Waals surface area (Å²) in [5.41, 5.74) is -2.92. The fourth-order valence-electron chi connectivity index (χ4n) is 4.15. The van der Waals surface area contributed by atoms with Crippen LogP contribution in [0, 0.1) is 0 Å². The summed E-state index contributed by atoms with van der Waals surface area (Å²) < 4.78 is 69.5. The van der Waals surface area contributed by atoms with E-state index in [0.29, 0.717) is 22.7 Å². The average molecular weight is 481 g/mol. The van der Waals surface area contributed by atoms with Crippen molar-refractivity contribution in [3.8, 4) is 22.6 Å². The fraction of sp³-hybridized carbons (Fsp3) is 0.350. The molecule has 0 bridgehead atoms. The van der Waals surface area contributed by atoms with E-state index in [1.165, 1.54) is 0 Å². The molecule has 5 heterocycles. The van der Waals surface area contributed by atoms with Crippen LogP contribution in [0.2, 0.25) is 0 Å². The first kappa shape index (κ1) is 21.8. The van der Waals surface area contributed by atoms with Crippen LogP contribution in [0.25, 0.3) is 28.3 Å². The molecule has 0 saturated carbocycles. The molecule has 1 aliphatic heterocycles. The first-order chi connectivity index (χ1) is 15.7. The molecule has 13 heteroatoms. The van der Waals surface area contributed by atoms with Crippen LogP contribution in [0.5, 0.6) is 0 Å². The van der Waals surface area contributed by atoms with E-state index in [1.807, 2.05) is 12.3 Å². The number of nitrogens with zero attached hydrogens (tertiary/aromatic N) is 7. The summed E-state index contributed by atoms with van der Waals surface area (Å²) in [5, 5.41) is 4.18. The Morgan fingerprint density at radius 2 is 1.97 bits per heavy atom. The molecule has 0 radical (unpaired) electrons. The van der Waals surface area contributed by atoms with Gasteiger partial charge in [-0.3, -0.25) is 13.5 Å². The molecule has 8 nitrogen and oxygen atoms in total. The molecular weight excluding hydrogens is 462 g/mol. The largest absolute Gasteiger partial charge is 0.485 e. The molecule has 1 unspecified atom stereocenters. The monoisotopic (exact) mass is 481 g/mol. The lowest BCUT2D eigenvalue weighted by molar-refractivity contribution is -0.0497. The van der Waals surface area contributed by atoms with Gasteiger partial charge in [0.25, 0.3) is 0 Å². The number of aryl methyl sites for hydroxylation is 1. The van der Waals surface area contributed by atoms with Crippen molar-refractivity contribution < 1.29 is 21.8 Å². The molecule has 5 rings (SSSR count). The zero-order valence-corrected chi connectivity index (χ0v) is 18.2. The van der Waals surface area contributed by atoms with E-state index in [4.69, 9.17) is 4.98 Å². The summed E-state index contributed by atoms with van der Waals surface area (Å²) in [6, 6.07) is 3.61. The van der Waals surface area contributed by atoms with Crippen molar-refractivity contribution >= 4 is 16.6 Å². The normalized spacial score (nSPS) is 17.4. The van der Waals surface area contributed by atoms with Crippen molar-refractivity contribution in [1.82, 2.24) is 33.0 Å². The summed E-state index contributed by atoms with van der Waals surface area (Å²) in [7, 11) is -1.32. The minimum absolute atomic E-state index is 0.0102. The summed E-state index contributed by atoms with van der Waals surface area (Å²) in [4.78, 5) is 9.12. The average Bonchev–Trinajstić information content (AvgIpc) is 3.48. The third kappa shape index (κ3) is 3.74. The van der Waals surface area contributed by atoms with Crippen LogP contribution < -0.4 is 0 Å². The molecule has 174 valence electrons. The van der Waals surface area contributed by atoms with E-state index < -0.39 is 28.7 Å². The maximum atomic E-state index is 13.3. The second-order valence-corrected chi connectivity index (χ2v) is 9.46. The van der Waals surface area contributed by atoms with Crippen molar-refractivity contribution in [3.63, 3.8) is 0 Å². The molecule has 0 amide bonds. The summed E-state index contributed by atoms with van der Waals surface area (Å²) in [6.07, 6.45) is 10.4. The highest BCUT2D eigenvalue weighted by molar-refractivity contribution is 7.83. The SMILES string of the molecule is Cn1cc(-c2cc3nccn3c(-c3ccn(C4(CCF)CN(S(=O)C(F)(F)F)C4)c3)n2)cn1. The minimum Gasteiger partial charge on any atom is -0.345 e. The number of alkyl halides is 4. The van der Waals surface area contributed by atoms with Crippen molar-refractivity contribution in [3.05, 3.63) is 49.3 Å². The highest BCUT2D eigenvalue weighted by Crippen LogP contribution is 2.39. The van der Waals surface area contributed by atoms with Crippen LogP contribution in [0.4, 0.5) is 17.6 Å². The molecule has 33 heavy (non-hydrogen) atoms. The molecule has 1 atom stereocenters. The Kier molecular flexibility index (Phi) is 5.12. The molecule has 4 aromatic heterocycles. The minimum atomic E-state index is -4.84. The van der Waals surface area contributed by atoms with Crippen molar-refractivity contribution in [2.24, 2.45) is 7.05 Å². The van der Waals surface area contributed by atoms with Gasteiger partial charge in [0, 0.05) is 74.7 Å². The number of rotatable bonds is 6. The van der Waals surface area contributed by atoms with Gasteiger partial charge in [0.05, 0.1) is 24.1 Å². The quantitative estimate of drug-likeness (QED) is 0.397. The van der Waals surface area contributed by atoms with E-state index in [2.05, 4.69) is 10.1 Å². The summed E-state index contributed by atoms with van der Waals surface area (Å²) >= 11 is 0. The van der Waals surface area contributed by atoms with Crippen molar-refractivity contribution in [2.75, 3.05) is 19.8 Å². The highest BCUT2D eigenvalue weighted by atomic mass is 32.2. The van der Waals surface area contributed by atoms with Gasteiger partial charge in [0.2, 0.25) is 11.0 Å². The van der Waals surface area contributed by atoms with Crippen LogP contribution in [0.3, 0.4) is 0 Å². The van der Waals surface area contributed by atoms with Crippen LogP contribution in [0.1, 0.15) is 6.42 Å². The lowest BCUT2D eigenvalue weighted by atomic mass is 9.88. The van der Waals surface area contributed by atoms with Gasteiger partial charge in [-0.25, -0.2) is 18.5 Å². The van der Waals surface area contributed by atoms with Crippen LogP contribution in [-0.4, -0.2) is 62.5 Å². The third-order valence-corrected chi connectivity index (χ3v) is 6.95. The van der Waals surface area contributed by atoms with E-state index in [0.717, 1.165) is 9.87 Å². The first-order valence-electron chi connectivity index (χ1n) is 10.0. The van der Waals surface area contributed by atoms with Gasteiger partial charge < -0.3 is 4.57 Å². The Labute approximate surface area is 188 Å². The van der Waals surface area contributed by atoms with Gasteiger partial charge in [-0.15, -0.1) is 0 Å². The number of fused-ring (bicyclic) bond motifs is 1. The second kappa shape index (κ2) is 7.76. The van der Waals surface area contributed by atoms with Gasteiger partial charge in [-0.1, -0.05) is 0 Å². The van der Waals surface area contributed by atoms with Gasteiger partial charge >= 0.3 is 5.51 Å². The molecular formula is C20H19F4N7OS. The Morgan fingerprint density at radius 1 is 1.18 bits per heavy atom. The zero-order valence-electron chi connectivity index (χ0n) is 17.4. The topological polar surface area (TPSA) is 73.2 Å². The smallest absolute Gasteiger partial charge is 0.345 e.